The quantitative estimate of drug-likeness (QED) is 0.0385. The van der Waals surface area contributed by atoms with E-state index in [-0.39, 0.29) is 45.2 Å². The number of aromatic nitrogens is 2. The van der Waals surface area contributed by atoms with E-state index in [1.807, 2.05) is 6.07 Å². The van der Waals surface area contributed by atoms with Crippen LogP contribution in [0.5, 0.6) is 0 Å². The molecule has 0 aliphatic rings. The molecule has 0 fully saturated rings. The number of azo groups is 1. The lowest BCUT2D eigenvalue weighted by Crippen LogP contribution is -2.24. The van der Waals surface area contributed by atoms with E-state index in [0.717, 1.165) is 25.1 Å². The molecule has 1 aromatic heterocycles. The molecule has 0 radical (unpaired) electrons. The molecule has 0 aliphatic carbocycles. The Labute approximate surface area is 297 Å². The Morgan fingerprint density at radius 3 is 2.16 bits per heavy atom. The number of rotatable bonds is 12. The van der Waals surface area contributed by atoms with Crippen LogP contribution in [-0.4, -0.2) is 60.8 Å². The van der Waals surface area contributed by atoms with Gasteiger partial charge < -0.3 is 22.1 Å². The maximum absolute atomic E-state index is 12.6. The van der Waals surface area contributed by atoms with Crippen molar-refractivity contribution in [3.8, 4) is 5.69 Å². The van der Waals surface area contributed by atoms with Crippen LogP contribution in [0.2, 0.25) is 0 Å². The van der Waals surface area contributed by atoms with Crippen LogP contribution >= 0.6 is 11.6 Å². The van der Waals surface area contributed by atoms with Gasteiger partial charge in [-0.3, -0.25) is 9.11 Å². The molecular weight excluding hydrogens is 752 g/mol. The largest absolute Gasteiger partial charge is 0.398 e. The first-order chi connectivity index (χ1) is 23.7. The summed E-state index contributed by atoms with van der Waals surface area (Å²) in [6, 6.07) is 17.3. The third-order valence-corrected chi connectivity index (χ3v) is 9.97. The van der Waals surface area contributed by atoms with Crippen LogP contribution in [0.1, 0.15) is 12.6 Å². The van der Waals surface area contributed by atoms with Crippen LogP contribution in [0.15, 0.2) is 115 Å². The van der Waals surface area contributed by atoms with Gasteiger partial charge in [0, 0.05) is 11.4 Å². The predicted octanol–water partition coefficient (Wildman–Crippen LogP) is 4.27. The molecule has 270 valence electrons. The number of hydrogen-bond donors (Lipinski definition) is 6. The summed E-state index contributed by atoms with van der Waals surface area (Å²) in [6.45, 7) is 6.34. The van der Waals surface area contributed by atoms with Crippen molar-refractivity contribution in [2.24, 2.45) is 25.9 Å². The van der Waals surface area contributed by atoms with E-state index in [1.165, 1.54) is 28.9 Å². The van der Waals surface area contributed by atoms with E-state index in [4.69, 9.17) is 27.6 Å². The van der Waals surface area contributed by atoms with E-state index in [1.54, 1.807) is 31.2 Å². The number of nitrogens with one attached hydrogen (secondary N) is 2. The second-order valence-corrected chi connectivity index (χ2v) is 15.2. The Hall–Kier alpha value is -5.23. The average molecular weight is 781 g/mol. The highest BCUT2D eigenvalue weighted by Crippen LogP contribution is 2.34. The van der Waals surface area contributed by atoms with Gasteiger partial charge in [-0.2, -0.15) is 31.9 Å². The fraction of sp³-hybridized carbons (Fsp3) is 0.107. The lowest BCUT2D eigenvalue weighted by Gasteiger charge is -2.13. The van der Waals surface area contributed by atoms with Crippen LogP contribution in [-0.2, 0) is 34.5 Å². The minimum Gasteiger partial charge on any atom is -0.382 e. The molecule has 0 amide bonds. The second-order valence-electron chi connectivity index (χ2n) is 10.2. The normalized spacial score (nSPS) is 13.7. The minimum absolute atomic E-state index is 0.0960. The number of guanidine groups is 1. The number of nitrogens with zero attached hydrogens (tertiary/aromatic N) is 6. The molecule has 3 aromatic carbocycles. The molecule has 1 heterocycles. The smallest absolute Gasteiger partial charge is 0.382 e. The topological polar surface area (TPSA) is 295 Å². The van der Waals surface area contributed by atoms with E-state index in [0.29, 0.717) is 11.4 Å². The standard InChI is InChI=1S/C28H29ClN10O9S3/c1-16-25(26(30)39(38-16)21-7-5-4-6-8-21)37-36-23-15-20(11-14-24(23)50(42,43)44)32-17(2)33-28(35-27(29)31)34-19-9-12-22(13-10-19)49(40,41)18(3)48-51(45,46)47/h4-15,18,32H,2,30H2,1,3H3,(H,42,43,44)(H,45,46,47)(H3,31,33,34,35). The zero-order chi connectivity index (χ0) is 37.7. The number of nitrogen functional groups attached to an aromatic ring is 1. The number of nitrogens with two attached hydrogens (primary N) is 2. The molecule has 1 unspecified atom stereocenters. The van der Waals surface area contributed by atoms with Crippen LogP contribution < -0.4 is 22.1 Å². The lowest BCUT2D eigenvalue weighted by molar-refractivity contribution is 0.251. The Balaban J connectivity index is 1.59. The summed E-state index contributed by atoms with van der Waals surface area (Å²) < 4.78 is 95.7. The molecule has 0 spiro atoms. The summed E-state index contributed by atoms with van der Waals surface area (Å²) in [5, 5.41) is 17.6. The van der Waals surface area contributed by atoms with Gasteiger partial charge in [0.05, 0.1) is 16.3 Å². The summed E-state index contributed by atoms with van der Waals surface area (Å²) in [7, 11) is -14.1. The highest BCUT2D eigenvalue weighted by Gasteiger charge is 2.28. The number of aryl methyl sites for hydroxylation is 1. The molecule has 0 bridgehead atoms. The molecule has 0 saturated heterocycles. The van der Waals surface area contributed by atoms with Crippen LogP contribution in [0, 0.1) is 6.92 Å². The van der Waals surface area contributed by atoms with Gasteiger partial charge in [-0.05, 0) is 80.0 Å². The van der Waals surface area contributed by atoms with Crippen molar-refractivity contribution >= 4 is 81.8 Å². The van der Waals surface area contributed by atoms with Gasteiger partial charge in [-0.15, -0.1) is 10.2 Å². The van der Waals surface area contributed by atoms with Crippen molar-refractivity contribution in [1.29, 1.82) is 0 Å². The van der Waals surface area contributed by atoms with Crippen molar-refractivity contribution in [2.45, 2.75) is 29.1 Å². The molecule has 8 N–H and O–H groups in total. The Bertz CT molecular complexity index is 2380. The van der Waals surface area contributed by atoms with Crippen molar-refractivity contribution < 1.29 is 38.5 Å². The second kappa shape index (κ2) is 15.3. The average Bonchev–Trinajstić information content (AvgIpc) is 3.31. The first-order valence-electron chi connectivity index (χ1n) is 14.0. The number of para-hydroxylation sites is 1. The van der Waals surface area contributed by atoms with E-state index in [2.05, 4.69) is 46.7 Å². The van der Waals surface area contributed by atoms with Crippen molar-refractivity contribution in [3.63, 3.8) is 0 Å². The number of amidine groups is 1. The fourth-order valence-corrected chi connectivity index (χ4v) is 6.83. The number of hydrogen-bond acceptors (Lipinski definition) is 13. The highest BCUT2D eigenvalue weighted by molar-refractivity contribution is 7.92. The van der Waals surface area contributed by atoms with Crippen molar-refractivity contribution in [3.05, 3.63) is 90.9 Å². The Morgan fingerprint density at radius 2 is 1.57 bits per heavy atom. The van der Waals surface area contributed by atoms with Crippen molar-refractivity contribution in [1.82, 2.24) is 9.78 Å². The number of halogens is 1. The van der Waals surface area contributed by atoms with Gasteiger partial charge in [-0.1, -0.05) is 24.8 Å². The maximum atomic E-state index is 12.6. The molecule has 4 rings (SSSR count). The van der Waals surface area contributed by atoms with Gasteiger partial charge in [0.15, 0.2) is 22.2 Å². The van der Waals surface area contributed by atoms with Gasteiger partial charge in [0.1, 0.15) is 16.4 Å². The number of anilines is 3. The molecule has 19 nitrogen and oxygen atoms in total. The third-order valence-electron chi connectivity index (χ3n) is 6.43. The molecule has 4 aromatic rings. The van der Waals surface area contributed by atoms with E-state index >= 15 is 0 Å². The van der Waals surface area contributed by atoms with E-state index < -0.39 is 46.0 Å². The molecule has 1 atom stereocenters. The molecule has 51 heavy (non-hydrogen) atoms. The SMILES string of the molecule is C=C(N=C(N=C(N)Cl)Nc1ccc(S(=O)(=O)C(C)OS(=O)(=O)O)cc1)Nc1ccc(S(=O)(=O)O)c(N=Nc2c(C)nn(-c3ccccc3)c2N)c1. The summed E-state index contributed by atoms with van der Waals surface area (Å²) in [6.07, 6.45) is 0. The molecule has 0 aliphatic heterocycles. The first kappa shape index (κ1) is 38.6. The predicted molar refractivity (Wildman–Crippen MR) is 190 cm³/mol. The third kappa shape index (κ3) is 10.2. The summed E-state index contributed by atoms with van der Waals surface area (Å²) in [4.78, 5) is 7.12. The zero-order valence-corrected chi connectivity index (χ0v) is 29.6. The van der Waals surface area contributed by atoms with Crippen LogP contribution in [0.4, 0.5) is 28.6 Å². The molecule has 0 saturated carbocycles. The van der Waals surface area contributed by atoms with Gasteiger partial charge in [0.2, 0.25) is 15.8 Å². The molecule has 23 heteroatoms. The molecular formula is C28H29ClN10O9S3. The lowest BCUT2D eigenvalue weighted by atomic mass is 10.3. The van der Waals surface area contributed by atoms with Gasteiger partial charge >= 0.3 is 10.4 Å². The summed E-state index contributed by atoms with van der Waals surface area (Å²) in [5.41, 5.74) is 11.2. The minimum atomic E-state index is -5.04. The van der Waals surface area contributed by atoms with Gasteiger partial charge in [0.25, 0.3) is 10.1 Å². The Morgan fingerprint density at radius 1 is 0.941 bits per heavy atom. The number of aliphatic imine (C=N–C) groups is 2. The number of sulfone groups is 1. The van der Waals surface area contributed by atoms with Crippen molar-refractivity contribution in [2.75, 3.05) is 16.4 Å². The van der Waals surface area contributed by atoms with Crippen LogP contribution in [0.3, 0.4) is 0 Å². The fourth-order valence-electron chi connectivity index (χ4n) is 4.20. The Kier molecular flexibility index (Phi) is 11.6. The number of benzene rings is 3. The first-order valence-corrected chi connectivity index (χ1v) is 18.7. The van der Waals surface area contributed by atoms with E-state index in [9.17, 15) is 29.8 Å². The van der Waals surface area contributed by atoms with Crippen LogP contribution in [0.25, 0.3) is 5.69 Å². The monoisotopic (exact) mass is 780 g/mol. The zero-order valence-electron chi connectivity index (χ0n) is 26.4. The summed E-state index contributed by atoms with van der Waals surface area (Å²) in [5.74, 6) is -0.209. The summed E-state index contributed by atoms with van der Waals surface area (Å²) >= 11 is 5.76. The highest BCUT2D eigenvalue weighted by atomic mass is 35.5. The maximum Gasteiger partial charge on any atom is 0.398 e. The van der Waals surface area contributed by atoms with Gasteiger partial charge in [-0.25, -0.2) is 17.3 Å².